The van der Waals surface area contributed by atoms with Crippen LogP contribution >= 0.6 is 0 Å². The molecule has 1 aromatic rings. The summed E-state index contributed by atoms with van der Waals surface area (Å²) in [6.07, 6.45) is -0.667. The van der Waals surface area contributed by atoms with Gasteiger partial charge in [0.1, 0.15) is 6.04 Å². The number of aryl methyl sites for hydroxylation is 1. The largest absolute Gasteiger partial charge is 0.466 e. The zero-order valence-electron chi connectivity index (χ0n) is 13.5. The Bertz CT molecular complexity index is 705. The number of esters is 1. The second kappa shape index (κ2) is 6.12. The van der Waals surface area contributed by atoms with Crippen LogP contribution in [0.3, 0.4) is 0 Å². The number of carbonyl (C=O) groups is 3. The number of anilines is 2. The van der Waals surface area contributed by atoms with Gasteiger partial charge in [0.25, 0.3) is 0 Å². The smallest absolute Gasteiger partial charge is 0.415 e. The van der Waals surface area contributed by atoms with Gasteiger partial charge in [0.05, 0.1) is 7.11 Å². The van der Waals surface area contributed by atoms with Gasteiger partial charge in [-0.15, -0.1) is 0 Å². The van der Waals surface area contributed by atoms with Crippen LogP contribution in [-0.2, 0) is 25.5 Å². The highest BCUT2D eigenvalue weighted by molar-refractivity contribution is 5.98. The second-order valence-electron chi connectivity index (χ2n) is 5.77. The molecule has 0 bridgehead atoms. The van der Waals surface area contributed by atoms with E-state index in [0.29, 0.717) is 18.5 Å². The zero-order chi connectivity index (χ0) is 17.4. The summed E-state index contributed by atoms with van der Waals surface area (Å²) < 4.78 is 9.81. The van der Waals surface area contributed by atoms with Crippen molar-refractivity contribution in [1.82, 2.24) is 0 Å². The van der Waals surface area contributed by atoms with E-state index in [1.165, 1.54) is 12.0 Å². The second-order valence-corrected chi connectivity index (χ2v) is 5.77. The molecule has 1 aromatic carbocycles. The summed E-state index contributed by atoms with van der Waals surface area (Å²) in [6.45, 7) is 0.0565. The van der Waals surface area contributed by atoms with Crippen molar-refractivity contribution in [2.24, 2.45) is 5.73 Å². The number of amides is 2. The van der Waals surface area contributed by atoms with E-state index in [1.807, 2.05) is 6.07 Å². The molecule has 2 N–H and O–H groups in total. The van der Waals surface area contributed by atoms with Crippen molar-refractivity contribution in [2.75, 3.05) is 30.5 Å². The quantitative estimate of drug-likeness (QED) is 0.804. The molecule has 0 radical (unpaired) electrons. The van der Waals surface area contributed by atoms with E-state index in [1.54, 1.807) is 24.1 Å². The minimum Gasteiger partial charge on any atom is -0.466 e. The monoisotopic (exact) mass is 333 g/mol. The van der Waals surface area contributed by atoms with Crippen LogP contribution < -0.4 is 15.5 Å². The molecule has 0 saturated carbocycles. The number of hydrogen-bond donors (Lipinski definition) is 1. The van der Waals surface area contributed by atoms with Crippen LogP contribution in [0.15, 0.2) is 18.2 Å². The molecular formula is C16H19N3O5. The molecule has 3 rings (SSSR count). The first-order chi connectivity index (χ1) is 11.5. The van der Waals surface area contributed by atoms with Gasteiger partial charge >= 0.3 is 12.1 Å². The Kier molecular flexibility index (Phi) is 4.15. The molecule has 0 spiro atoms. The van der Waals surface area contributed by atoms with Gasteiger partial charge in [-0.1, -0.05) is 0 Å². The number of carbonyl (C=O) groups excluding carboxylic acids is 3. The molecule has 128 valence electrons. The first kappa shape index (κ1) is 16.3. The Hall–Kier alpha value is -2.61. The molecular weight excluding hydrogens is 314 g/mol. The van der Waals surface area contributed by atoms with Crippen molar-refractivity contribution < 1.29 is 23.9 Å². The maximum absolute atomic E-state index is 12.2. The Balaban J connectivity index is 1.95. The van der Waals surface area contributed by atoms with Crippen LogP contribution in [0.25, 0.3) is 0 Å². The van der Waals surface area contributed by atoms with Gasteiger partial charge in [0.15, 0.2) is 0 Å². The van der Waals surface area contributed by atoms with Crippen molar-refractivity contribution >= 4 is 29.3 Å². The number of cyclic esters (lactones) is 1. The summed E-state index contributed by atoms with van der Waals surface area (Å²) in [5.74, 6) is -0.578. The highest BCUT2D eigenvalue weighted by Crippen LogP contribution is 2.34. The van der Waals surface area contributed by atoms with Crippen molar-refractivity contribution in [1.29, 1.82) is 0 Å². The molecule has 2 atom stereocenters. The number of hydrogen-bond acceptors (Lipinski definition) is 6. The van der Waals surface area contributed by atoms with E-state index in [0.717, 1.165) is 11.3 Å². The third-order valence-electron chi connectivity index (χ3n) is 4.47. The van der Waals surface area contributed by atoms with Crippen LogP contribution in [0.5, 0.6) is 0 Å². The fourth-order valence-electron chi connectivity index (χ4n) is 3.15. The summed E-state index contributed by atoms with van der Waals surface area (Å²) in [6, 6.07) is 4.71. The molecule has 0 aromatic heterocycles. The summed E-state index contributed by atoms with van der Waals surface area (Å²) in [5, 5.41) is 0. The molecule has 2 amide bonds. The SMILES string of the molecule is COC(=O)[C@H]1OC(=O)N(c2ccc3c(c2)CCC(=O)N3C)C1CN. The lowest BCUT2D eigenvalue weighted by Crippen LogP contribution is -2.45. The van der Waals surface area contributed by atoms with Crippen molar-refractivity contribution in [2.45, 2.75) is 25.0 Å². The first-order valence-electron chi connectivity index (χ1n) is 7.65. The minimum absolute atomic E-state index is 0.0565. The Morgan fingerprint density at radius 3 is 2.79 bits per heavy atom. The van der Waals surface area contributed by atoms with E-state index in [9.17, 15) is 14.4 Å². The fraction of sp³-hybridized carbons (Fsp3) is 0.438. The molecule has 8 nitrogen and oxygen atoms in total. The van der Waals surface area contributed by atoms with Crippen LogP contribution in [0.1, 0.15) is 12.0 Å². The summed E-state index contributed by atoms with van der Waals surface area (Å²) in [4.78, 5) is 38.8. The zero-order valence-corrected chi connectivity index (χ0v) is 13.5. The van der Waals surface area contributed by atoms with Gasteiger partial charge in [0, 0.05) is 31.4 Å². The summed E-state index contributed by atoms with van der Waals surface area (Å²) in [5.41, 5.74) is 8.11. The van der Waals surface area contributed by atoms with Gasteiger partial charge in [-0.3, -0.25) is 9.69 Å². The highest BCUT2D eigenvalue weighted by Gasteiger charge is 2.46. The molecule has 2 aliphatic rings. The van der Waals surface area contributed by atoms with Gasteiger partial charge < -0.3 is 20.1 Å². The van der Waals surface area contributed by atoms with E-state index in [2.05, 4.69) is 4.74 Å². The van der Waals surface area contributed by atoms with Crippen LogP contribution in [0.2, 0.25) is 0 Å². The fourth-order valence-corrected chi connectivity index (χ4v) is 3.15. The molecule has 2 aliphatic heterocycles. The normalized spacial score (nSPS) is 23.1. The summed E-state index contributed by atoms with van der Waals surface area (Å²) in [7, 11) is 2.96. The number of methoxy groups -OCH3 is 1. The third kappa shape index (κ3) is 2.48. The molecule has 0 aliphatic carbocycles. The lowest BCUT2D eigenvalue weighted by atomic mass is 10.00. The van der Waals surface area contributed by atoms with E-state index < -0.39 is 24.2 Å². The van der Waals surface area contributed by atoms with Crippen LogP contribution in [0.4, 0.5) is 16.2 Å². The first-order valence-corrected chi connectivity index (χ1v) is 7.65. The van der Waals surface area contributed by atoms with Gasteiger partial charge in [-0.2, -0.15) is 0 Å². The highest BCUT2D eigenvalue weighted by atomic mass is 16.6. The topological polar surface area (TPSA) is 102 Å². The van der Waals surface area contributed by atoms with Crippen molar-refractivity contribution in [3.8, 4) is 0 Å². The van der Waals surface area contributed by atoms with Gasteiger partial charge in [-0.25, -0.2) is 9.59 Å². The predicted molar refractivity (Wildman–Crippen MR) is 85.8 cm³/mol. The van der Waals surface area contributed by atoms with Crippen molar-refractivity contribution in [3.05, 3.63) is 23.8 Å². The average molecular weight is 333 g/mol. The van der Waals surface area contributed by atoms with Crippen molar-refractivity contribution in [3.63, 3.8) is 0 Å². The molecule has 24 heavy (non-hydrogen) atoms. The van der Waals surface area contributed by atoms with E-state index >= 15 is 0 Å². The van der Waals surface area contributed by atoms with Gasteiger partial charge in [-0.05, 0) is 30.2 Å². The maximum atomic E-state index is 12.2. The lowest BCUT2D eigenvalue weighted by molar-refractivity contribution is -0.149. The standard InChI is InChI=1S/C16H19N3O5/c1-18-11-5-4-10(7-9(11)3-6-13(18)20)19-12(8-17)14(15(21)23-2)24-16(19)22/h4-5,7,12,14H,3,6,8,17H2,1-2H3/t12?,14-/m0/s1. The van der Waals surface area contributed by atoms with Crippen LogP contribution in [-0.4, -0.2) is 50.8 Å². The maximum Gasteiger partial charge on any atom is 0.415 e. The number of benzene rings is 1. The molecule has 1 fully saturated rings. The minimum atomic E-state index is -1.05. The number of rotatable bonds is 3. The molecule has 1 saturated heterocycles. The van der Waals surface area contributed by atoms with Crippen LogP contribution in [0, 0.1) is 0 Å². The predicted octanol–water partition coefficient (Wildman–Crippen LogP) is 0.421. The number of nitrogens with two attached hydrogens (primary N) is 1. The Labute approximate surface area is 139 Å². The third-order valence-corrected chi connectivity index (χ3v) is 4.47. The number of fused-ring (bicyclic) bond motifs is 1. The average Bonchev–Trinajstić information content (AvgIpc) is 2.93. The van der Waals surface area contributed by atoms with Gasteiger partial charge in [0.2, 0.25) is 12.0 Å². The Morgan fingerprint density at radius 1 is 1.38 bits per heavy atom. The van der Waals surface area contributed by atoms with E-state index in [4.69, 9.17) is 10.5 Å². The Morgan fingerprint density at radius 2 is 2.12 bits per heavy atom. The molecule has 8 heteroatoms. The lowest BCUT2D eigenvalue weighted by Gasteiger charge is -2.28. The number of ether oxygens (including phenoxy) is 2. The summed E-state index contributed by atoms with van der Waals surface area (Å²) >= 11 is 0. The molecule has 1 unspecified atom stereocenters. The number of nitrogens with zero attached hydrogens (tertiary/aromatic N) is 2. The molecule has 2 heterocycles. The van der Waals surface area contributed by atoms with E-state index in [-0.39, 0.29) is 12.5 Å².